The van der Waals surface area contributed by atoms with Crippen molar-refractivity contribution in [3.05, 3.63) is 28.2 Å². The van der Waals surface area contributed by atoms with Crippen molar-refractivity contribution in [2.24, 2.45) is 0 Å². The fourth-order valence-electron chi connectivity index (χ4n) is 1.03. The summed E-state index contributed by atoms with van der Waals surface area (Å²) in [6.45, 7) is 0.755. The second-order valence-corrected chi connectivity index (χ2v) is 3.84. The third kappa shape index (κ3) is 2.22. The van der Waals surface area contributed by atoms with Gasteiger partial charge in [-0.2, -0.15) is 0 Å². The summed E-state index contributed by atoms with van der Waals surface area (Å²) in [6, 6.07) is 5.66. The van der Waals surface area contributed by atoms with Crippen LogP contribution in [-0.2, 0) is 6.54 Å². The molecule has 0 aliphatic heterocycles. The molecule has 1 rings (SSSR count). The highest BCUT2D eigenvalue weighted by molar-refractivity contribution is 9.10. The number of nitrogens with zero attached hydrogens (tertiary/aromatic N) is 1. The van der Waals surface area contributed by atoms with E-state index in [2.05, 4.69) is 15.9 Å². The molecule has 12 heavy (non-hydrogen) atoms. The molecule has 0 fully saturated rings. The Kier molecular flexibility index (Phi) is 3.12. The smallest absolute Gasteiger partial charge is 0.134 e. The Morgan fingerprint density at radius 3 is 2.67 bits per heavy atom. The van der Waals surface area contributed by atoms with Crippen LogP contribution in [0.2, 0.25) is 0 Å². The summed E-state index contributed by atoms with van der Waals surface area (Å²) in [5.74, 6) is 0.339. The number of hydrogen-bond donors (Lipinski definition) is 1. The quantitative estimate of drug-likeness (QED) is 0.841. The lowest BCUT2D eigenvalue weighted by Gasteiger charge is -2.11. The van der Waals surface area contributed by atoms with E-state index in [9.17, 15) is 5.11 Å². The maximum atomic E-state index is 9.57. The minimum absolute atomic E-state index is 0.339. The zero-order valence-electron chi connectivity index (χ0n) is 7.21. The topological polar surface area (TPSA) is 23.5 Å². The van der Waals surface area contributed by atoms with E-state index in [1.807, 2.05) is 37.2 Å². The van der Waals surface area contributed by atoms with Gasteiger partial charge in [-0.1, -0.05) is 12.1 Å². The summed E-state index contributed by atoms with van der Waals surface area (Å²) in [7, 11) is 3.95. The van der Waals surface area contributed by atoms with Crippen molar-refractivity contribution in [3.63, 3.8) is 0 Å². The molecular weight excluding hydrogens is 218 g/mol. The Balaban J connectivity index is 2.92. The summed E-state index contributed by atoms with van der Waals surface area (Å²) in [5, 5.41) is 9.57. The van der Waals surface area contributed by atoms with Crippen molar-refractivity contribution < 1.29 is 5.11 Å². The molecule has 1 N–H and O–H groups in total. The monoisotopic (exact) mass is 229 g/mol. The van der Waals surface area contributed by atoms with Crippen molar-refractivity contribution >= 4 is 15.9 Å². The Bertz CT molecular complexity index is 273. The first kappa shape index (κ1) is 9.55. The molecule has 0 saturated heterocycles. The van der Waals surface area contributed by atoms with E-state index >= 15 is 0 Å². The number of benzene rings is 1. The molecule has 0 aliphatic carbocycles. The Hall–Kier alpha value is -0.540. The van der Waals surface area contributed by atoms with E-state index in [0.717, 1.165) is 16.6 Å². The maximum Gasteiger partial charge on any atom is 0.134 e. The number of para-hydroxylation sites is 1. The molecule has 1 aromatic rings. The number of hydrogen-bond acceptors (Lipinski definition) is 2. The number of phenols is 1. The highest BCUT2D eigenvalue weighted by atomic mass is 79.9. The van der Waals surface area contributed by atoms with E-state index in [-0.39, 0.29) is 0 Å². The minimum atomic E-state index is 0.339. The van der Waals surface area contributed by atoms with Gasteiger partial charge in [0.1, 0.15) is 5.75 Å². The van der Waals surface area contributed by atoms with Gasteiger partial charge in [-0.05, 0) is 36.1 Å². The van der Waals surface area contributed by atoms with Crippen LogP contribution in [0, 0.1) is 0 Å². The molecule has 0 amide bonds. The standard InChI is InChI=1S/C9H12BrNO/c1-11(2)6-7-4-3-5-8(10)9(7)12/h3-5,12H,6H2,1-2H3. The Labute approximate surface area is 80.9 Å². The van der Waals surface area contributed by atoms with Crippen molar-refractivity contribution in [2.45, 2.75) is 6.54 Å². The molecule has 2 nitrogen and oxygen atoms in total. The van der Waals surface area contributed by atoms with E-state index in [1.54, 1.807) is 0 Å². The van der Waals surface area contributed by atoms with Gasteiger partial charge >= 0.3 is 0 Å². The molecule has 0 bridgehead atoms. The lowest BCUT2D eigenvalue weighted by Crippen LogP contribution is -2.10. The summed E-state index contributed by atoms with van der Waals surface area (Å²) in [5.41, 5.74) is 0.939. The van der Waals surface area contributed by atoms with Crippen LogP contribution in [0.5, 0.6) is 5.75 Å². The van der Waals surface area contributed by atoms with Crippen LogP contribution >= 0.6 is 15.9 Å². The number of rotatable bonds is 2. The molecule has 0 radical (unpaired) electrons. The predicted octanol–water partition coefficient (Wildman–Crippen LogP) is 2.22. The van der Waals surface area contributed by atoms with Crippen LogP contribution < -0.4 is 0 Å². The second-order valence-electron chi connectivity index (χ2n) is 2.99. The average Bonchev–Trinajstić information content (AvgIpc) is 1.98. The fourth-order valence-corrected chi connectivity index (χ4v) is 1.44. The van der Waals surface area contributed by atoms with Crippen molar-refractivity contribution in [2.75, 3.05) is 14.1 Å². The highest BCUT2D eigenvalue weighted by Crippen LogP contribution is 2.27. The number of aromatic hydroxyl groups is 1. The van der Waals surface area contributed by atoms with Gasteiger partial charge in [-0.25, -0.2) is 0 Å². The van der Waals surface area contributed by atoms with Crippen LogP contribution in [0.15, 0.2) is 22.7 Å². The fraction of sp³-hybridized carbons (Fsp3) is 0.333. The lowest BCUT2D eigenvalue weighted by molar-refractivity contribution is 0.385. The number of phenolic OH excluding ortho intramolecular Hbond substituents is 1. The van der Waals surface area contributed by atoms with E-state index < -0.39 is 0 Å². The van der Waals surface area contributed by atoms with Crippen molar-refractivity contribution in [1.29, 1.82) is 0 Å². The van der Waals surface area contributed by atoms with Crippen LogP contribution in [-0.4, -0.2) is 24.1 Å². The van der Waals surface area contributed by atoms with E-state index in [0.29, 0.717) is 5.75 Å². The van der Waals surface area contributed by atoms with E-state index in [1.165, 1.54) is 0 Å². The molecule has 3 heteroatoms. The molecule has 0 aromatic heterocycles. The molecular formula is C9H12BrNO. The summed E-state index contributed by atoms with van der Waals surface area (Å²) in [4.78, 5) is 2.02. The summed E-state index contributed by atoms with van der Waals surface area (Å²) in [6.07, 6.45) is 0. The minimum Gasteiger partial charge on any atom is -0.506 e. The first-order valence-electron chi connectivity index (χ1n) is 3.72. The van der Waals surface area contributed by atoms with Gasteiger partial charge in [-0.15, -0.1) is 0 Å². The van der Waals surface area contributed by atoms with Gasteiger partial charge in [0.15, 0.2) is 0 Å². The zero-order valence-corrected chi connectivity index (χ0v) is 8.80. The average molecular weight is 230 g/mol. The second kappa shape index (κ2) is 3.92. The lowest BCUT2D eigenvalue weighted by atomic mass is 10.2. The molecule has 0 unspecified atom stereocenters. The maximum absolute atomic E-state index is 9.57. The largest absolute Gasteiger partial charge is 0.506 e. The molecule has 0 atom stereocenters. The van der Waals surface area contributed by atoms with Gasteiger partial charge < -0.3 is 10.0 Å². The Morgan fingerprint density at radius 2 is 2.08 bits per heavy atom. The van der Waals surface area contributed by atoms with Gasteiger partial charge in [0.25, 0.3) is 0 Å². The summed E-state index contributed by atoms with van der Waals surface area (Å²) >= 11 is 3.27. The highest BCUT2D eigenvalue weighted by Gasteiger charge is 2.04. The first-order valence-corrected chi connectivity index (χ1v) is 4.51. The molecule has 0 aliphatic rings. The van der Waals surface area contributed by atoms with Crippen molar-refractivity contribution in [1.82, 2.24) is 4.90 Å². The normalized spacial score (nSPS) is 10.7. The van der Waals surface area contributed by atoms with Gasteiger partial charge in [-0.3, -0.25) is 0 Å². The third-order valence-corrected chi connectivity index (χ3v) is 2.20. The SMILES string of the molecule is CN(C)Cc1cccc(Br)c1O. The third-order valence-electron chi connectivity index (χ3n) is 1.56. The van der Waals surface area contributed by atoms with Crippen molar-refractivity contribution in [3.8, 4) is 5.75 Å². The number of halogens is 1. The zero-order chi connectivity index (χ0) is 9.14. The summed E-state index contributed by atoms with van der Waals surface area (Å²) < 4.78 is 0.752. The van der Waals surface area contributed by atoms with Crippen LogP contribution in [0.3, 0.4) is 0 Å². The van der Waals surface area contributed by atoms with Gasteiger partial charge in [0.2, 0.25) is 0 Å². The molecule has 0 saturated carbocycles. The predicted molar refractivity (Wildman–Crippen MR) is 53.2 cm³/mol. The molecule has 0 heterocycles. The molecule has 66 valence electrons. The van der Waals surface area contributed by atoms with Crippen LogP contribution in [0.25, 0.3) is 0 Å². The Morgan fingerprint density at radius 1 is 1.42 bits per heavy atom. The molecule has 0 spiro atoms. The first-order chi connectivity index (χ1) is 5.61. The molecule has 1 aromatic carbocycles. The van der Waals surface area contributed by atoms with Gasteiger partial charge in [0, 0.05) is 12.1 Å². The van der Waals surface area contributed by atoms with Gasteiger partial charge in [0.05, 0.1) is 4.47 Å². The van der Waals surface area contributed by atoms with Crippen LogP contribution in [0.4, 0.5) is 0 Å². The van der Waals surface area contributed by atoms with Crippen LogP contribution in [0.1, 0.15) is 5.56 Å². The van der Waals surface area contributed by atoms with E-state index in [4.69, 9.17) is 0 Å².